The van der Waals surface area contributed by atoms with Crippen LogP contribution in [0.15, 0.2) is 34.4 Å². The van der Waals surface area contributed by atoms with Crippen LogP contribution in [0.5, 0.6) is 0 Å². The Labute approximate surface area is 158 Å². The van der Waals surface area contributed by atoms with E-state index in [1.807, 2.05) is 0 Å². The molecule has 3 heteroatoms. The molecule has 1 rings (SSSR count). The van der Waals surface area contributed by atoms with Crippen molar-refractivity contribution in [1.29, 1.82) is 0 Å². The minimum atomic E-state index is -2.24. The molecule has 1 aromatic carbocycles. The van der Waals surface area contributed by atoms with Gasteiger partial charge in [-0.05, 0) is 0 Å². The van der Waals surface area contributed by atoms with Gasteiger partial charge in [-0.3, -0.25) is 0 Å². The van der Waals surface area contributed by atoms with Crippen LogP contribution in [0.3, 0.4) is 0 Å². The van der Waals surface area contributed by atoms with E-state index in [4.69, 9.17) is 0 Å². The van der Waals surface area contributed by atoms with E-state index in [1.165, 1.54) is 64.0 Å². The van der Waals surface area contributed by atoms with E-state index < -0.39 is 24.5 Å². The van der Waals surface area contributed by atoms with Crippen molar-refractivity contribution in [2.45, 2.75) is 85.1 Å². The van der Waals surface area contributed by atoms with Crippen LogP contribution >= 0.6 is 0 Å². The van der Waals surface area contributed by atoms with Gasteiger partial charge < -0.3 is 0 Å². The van der Waals surface area contributed by atoms with Gasteiger partial charge in [0.1, 0.15) is 0 Å². The zero-order chi connectivity index (χ0) is 18.5. The van der Waals surface area contributed by atoms with Crippen molar-refractivity contribution in [1.82, 2.24) is 0 Å². The third-order valence-corrected chi connectivity index (χ3v) is 19.4. The Bertz CT molecular complexity index is 462. The molecule has 0 spiro atoms. The Hall–Kier alpha value is -0.351. The molecule has 0 amide bonds. The van der Waals surface area contributed by atoms with Crippen molar-refractivity contribution >= 4 is 18.4 Å². The van der Waals surface area contributed by atoms with Crippen LogP contribution < -0.4 is 0 Å². The van der Waals surface area contributed by atoms with Crippen molar-refractivity contribution < 1.29 is 9.50 Å². The van der Waals surface area contributed by atoms with Crippen LogP contribution in [0.4, 0.5) is 4.39 Å². The van der Waals surface area contributed by atoms with Gasteiger partial charge in [-0.1, -0.05) is 0 Å². The summed E-state index contributed by atoms with van der Waals surface area (Å²) in [5.74, 6) is -0.250. The van der Waals surface area contributed by atoms with E-state index in [2.05, 4.69) is 30.9 Å². The summed E-state index contributed by atoms with van der Waals surface area (Å²) in [7, 11) is 0. The molecular weight excluding hydrogens is 418 g/mol. The fourth-order valence-corrected chi connectivity index (χ4v) is 17.9. The summed E-state index contributed by atoms with van der Waals surface area (Å²) in [5, 5.41) is 10.4. The second kappa shape index (κ2) is 12.9. The number of benzene rings is 1. The van der Waals surface area contributed by atoms with Gasteiger partial charge >= 0.3 is 159 Å². The van der Waals surface area contributed by atoms with E-state index in [0.717, 1.165) is 5.56 Å². The van der Waals surface area contributed by atoms with Gasteiger partial charge in [0.05, 0.1) is 0 Å². The van der Waals surface area contributed by atoms with Gasteiger partial charge in [0.2, 0.25) is 0 Å². The first kappa shape index (κ1) is 22.7. The van der Waals surface area contributed by atoms with Crippen LogP contribution in [0.1, 0.15) is 77.4 Å². The number of aliphatic hydroxyl groups is 1. The average molecular weight is 455 g/mol. The first-order valence-corrected chi connectivity index (χ1v) is 17.9. The van der Waals surface area contributed by atoms with Crippen molar-refractivity contribution in [3.8, 4) is 0 Å². The second-order valence-corrected chi connectivity index (χ2v) is 20.4. The first-order chi connectivity index (χ1) is 12.1. The zero-order valence-electron chi connectivity index (χ0n) is 16.4. The number of halogens is 1. The molecule has 0 saturated heterocycles. The summed E-state index contributed by atoms with van der Waals surface area (Å²) in [5.41, 5.74) is 0.808. The number of rotatable bonds is 13. The van der Waals surface area contributed by atoms with Gasteiger partial charge in [-0.25, -0.2) is 0 Å². The van der Waals surface area contributed by atoms with Gasteiger partial charge in [0.25, 0.3) is 0 Å². The summed E-state index contributed by atoms with van der Waals surface area (Å²) < 4.78 is 20.0. The molecule has 142 valence electrons. The topological polar surface area (TPSA) is 20.2 Å². The predicted molar refractivity (Wildman–Crippen MR) is 110 cm³/mol. The van der Waals surface area contributed by atoms with E-state index >= 15 is 0 Å². The summed E-state index contributed by atoms with van der Waals surface area (Å²) in [6, 6.07) is 6.23. The quantitative estimate of drug-likeness (QED) is 0.312. The number of hydrogen-bond acceptors (Lipinski definition) is 1. The molecule has 1 aromatic rings. The van der Waals surface area contributed by atoms with Gasteiger partial charge in [0.15, 0.2) is 0 Å². The fourth-order valence-electron chi connectivity index (χ4n) is 3.48. The van der Waals surface area contributed by atoms with Crippen molar-refractivity contribution in [2.75, 3.05) is 0 Å². The fraction of sp³-hybridized carbons (Fsp3) is 0.636. The average Bonchev–Trinajstić information content (AvgIpc) is 2.63. The molecule has 25 heavy (non-hydrogen) atoms. The molecule has 0 aromatic heterocycles. The first-order valence-electron chi connectivity index (χ1n) is 10.2. The van der Waals surface area contributed by atoms with Gasteiger partial charge in [-0.2, -0.15) is 0 Å². The molecule has 0 radical (unpaired) electrons. The van der Waals surface area contributed by atoms with E-state index in [1.54, 1.807) is 12.1 Å². The molecule has 0 saturated carbocycles. The molecule has 0 aliphatic heterocycles. The van der Waals surface area contributed by atoms with Crippen LogP contribution in [0.2, 0.25) is 13.3 Å². The molecular formula is C22H37FOSn. The molecule has 0 fully saturated rings. The molecule has 1 N–H and O–H groups in total. The zero-order valence-corrected chi connectivity index (χ0v) is 19.3. The summed E-state index contributed by atoms with van der Waals surface area (Å²) >= 11 is -2.24. The Balaban J connectivity index is 2.77. The molecule has 0 aliphatic rings. The maximum absolute atomic E-state index is 13.0. The summed E-state index contributed by atoms with van der Waals surface area (Å²) in [4.78, 5) is 0. The minimum absolute atomic E-state index is 0.250. The molecule has 0 heterocycles. The number of hydrogen-bond donors (Lipinski definition) is 1. The van der Waals surface area contributed by atoms with Crippen molar-refractivity contribution in [3.63, 3.8) is 0 Å². The summed E-state index contributed by atoms with van der Waals surface area (Å²) in [6.07, 6.45) is 10.3. The van der Waals surface area contributed by atoms with E-state index in [9.17, 15) is 9.50 Å². The van der Waals surface area contributed by atoms with Crippen molar-refractivity contribution in [3.05, 3.63) is 45.8 Å². The molecule has 0 bridgehead atoms. The Kier molecular flexibility index (Phi) is 11.7. The van der Waals surface area contributed by atoms with Gasteiger partial charge in [-0.15, -0.1) is 0 Å². The van der Waals surface area contributed by atoms with Crippen molar-refractivity contribution in [2.24, 2.45) is 0 Å². The second-order valence-electron chi connectivity index (χ2n) is 7.38. The maximum atomic E-state index is 13.0. The summed E-state index contributed by atoms with van der Waals surface area (Å²) in [6.45, 7) is 6.87. The normalized spacial score (nSPS) is 13.5. The van der Waals surface area contributed by atoms with Crippen LogP contribution in [0, 0.1) is 5.82 Å². The predicted octanol–water partition coefficient (Wildman–Crippen LogP) is 7.19. The van der Waals surface area contributed by atoms with Crippen LogP contribution in [-0.2, 0) is 0 Å². The Morgan fingerprint density at radius 2 is 1.40 bits per heavy atom. The van der Waals surface area contributed by atoms with E-state index in [0.29, 0.717) is 6.42 Å². The SMILES string of the molecule is CCC[CH2][Sn](/[CH]=C/CC(O)c1ccc(F)cc1)([CH2]CCC)[CH2]CCC. The van der Waals surface area contributed by atoms with Crippen LogP contribution in [-0.4, -0.2) is 23.5 Å². The third kappa shape index (κ3) is 8.72. The van der Waals surface area contributed by atoms with Gasteiger partial charge in [0, 0.05) is 0 Å². The Morgan fingerprint density at radius 3 is 1.84 bits per heavy atom. The third-order valence-electron chi connectivity index (χ3n) is 5.17. The monoisotopic (exact) mass is 456 g/mol. The molecule has 1 unspecified atom stereocenters. The standard InChI is InChI=1S/C10H10FO.3C4H9.Sn/c1-2-3-10(12)8-4-6-9(11)7-5-8;3*1-3-4-2;/h1-2,4-7,10,12H,3H2;3*1,3-4H2,2H3;. The van der Waals surface area contributed by atoms with Crippen LogP contribution in [0.25, 0.3) is 0 Å². The number of aliphatic hydroxyl groups excluding tert-OH is 1. The molecule has 1 atom stereocenters. The Morgan fingerprint density at radius 1 is 0.920 bits per heavy atom. The molecule has 0 aliphatic carbocycles. The number of unbranched alkanes of at least 4 members (excludes halogenated alkanes) is 3. The van der Waals surface area contributed by atoms with E-state index in [-0.39, 0.29) is 5.82 Å². The molecule has 1 nitrogen and oxygen atoms in total.